The van der Waals surface area contributed by atoms with Crippen LogP contribution in [0.25, 0.3) is 0 Å². The van der Waals surface area contributed by atoms with Crippen molar-refractivity contribution in [1.29, 1.82) is 0 Å². The molecule has 23 atom stereocenters. The van der Waals surface area contributed by atoms with Crippen molar-refractivity contribution in [3.63, 3.8) is 0 Å². The first kappa shape index (κ1) is 39.3. The van der Waals surface area contributed by atoms with Crippen LogP contribution in [0.5, 0.6) is 0 Å². The maximum Gasteiger partial charge on any atom is 0.187 e. The Morgan fingerprint density at radius 2 is 1.42 bits per heavy atom. The molecule has 14 heteroatoms. The lowest BCUT2D eigenvalue weighted by Gasteiger charge is -2.62. The van der Waals surface area contributed by atoms with Crippen LogP contribution in [0, 0.1) is 52.3 Å². The highest BCUT2D eigenvalue weighted by molar-refractivity contribution is 5.16. The average Bonchev–Trinajstić information content (AvgIpc) is 3.58. The molecular weight excluding hydrogens is 692 g/mol. The lowest BCUT2D eigenvalue weighted by atomic mass is 9.44. The molecule has 4 saturated carbocycles. The van der Waals surface area contributed by atoms with Gasteiger partial charge in [0.15, 0.2) is 18.4 Å². The lowest BCUT2D eigenvalue weighted by Crippen LogP contribution is -2.65. The number of rotatable bonds is 6. The van der Waals surface area contributed by atoms with E-state index < -0.39 is 92.6 Å². The zero-order chi connectivity index (χ0) is 37.8. The van der Waals surface area contributed by atoms with Gasteiger partial charge in [0.1, 0.15) is 48.8 Å². The maximum absolute atomic E-state index is 11.7. The van der Waals surface area contributed by atoms with Crippen molar-refractivity contribution in [1.82, 2.24) is 0 Å². The minimum absolute atomic E-state index is 0.0850. The fourth-order valence-electron chi connectivity index (χ4n) is 13.3. The van der Waals surface area contributed by atoms with Gasteiger partial charge in [-0.3, -0.25) is 0 Å². The van der Waals surface area contributed by atoms with E-state index in [1.807, 2.05) is 0 Å². The highest BCUT2D eigenvalue weighted by atomic mass is 16.7. The third-order valence-corrected chi connectivity index (χ3v) is 16.2. The average molecular weight is 757 g/mol. The summed E-state index contributed by atoms with van der Waals surface area (Å²) >= 11 is 0. The largest absolute Gasteiger partial charge is 0.394 e. The molecule has 304 valence electrons. The molecule has 0 radical (unpaired) electrons. The molecule has 0 amide bonds. The minimum atomic E-state index is -1.76. The molecule has 4 aliphatic carbocycles. The first-order chi connectivity index (χ1) is 25.2. The normalized spacial score (nSPS) is 59.5. The first-order valence-electron chi connectivity index (χ1n) is 20.4. The summed E-state index contributed by atoms with van der Waals surface area (Å²) in [5.41, 5.74) is 0.114. The molecule has 0 aromatic heterocycles. The molecule has 0 bridgehead atoms. The van der Waals surface area contributed by atoms with E-state index in [4.69, 9.17) is 28.4 Å². The highest BCUT2D eigenvalue weighted by Gasteiger charge is 2.69. The van der Waals surface area contributed by atoms with Gasteiger partial charge in [-0.25, -0.2) is 0 Å². The molecule has 0 aromatic carbocycles. The highest BCUT2D eigenvalue weighted by Crippen LogP contribution is 2.71. The van der Waals surface area contributed by atoms with Gasteiger partial charge >= 0.3 is 0 Å². The van der Waals surface area contributed by atoms with Gasteiger partial charge in [-0.05, 0) is 97.7 Å². The number of fused-ring (bicyclic) bond motifs is 7. The van der Waals surface area contributed by atoms with E-state index in [9.17, 15) is 40.9 Å². The first-order valence-corrected chi connectivity index (χ1v) is 20.4. The Hall–Kier alpha value is -0.560. The van der Waals surface area contributed by atoms with E-state index in [0.717, 1.165) is 51.6 Å². The zero-order valence-corrected chi connectivity index (χ0v) is 31.6. The molecule has 4 saturated heterocycles. The minimum Gasteiger partial charge on any atom is -0.394 e. The number of aliphatic hydroxyl groups excluding tert-OH is 8. The predicted octanol–water partition coefficient (Wildman–Crippen LogP) is 0.413. The van der Waals surface area contributed by atoms with Crippen molar-refractivity contribution in [2.45, 2.75) is 171 Å². The second-order valence-electron chi connectivity index (χ2n) is 18.9. The van der Waals surface area contributed by atoms with Crippen molar-refractivity contribution in [3.8, 4) is 0 Å². The molecule has 8 aliphatic rings. The Morgan fingerprint density at radius 1 is 0.717 bits per heavy atom. The van der Waals surface area contributed by atoms with E-state index in [1.54, 1.807) is 0 Å². The molecular formula is C39H64O14. The maximum atomic E-state index is 11.7. The summed E-state index contributed by atoms with van der Waals surface area (Å²) in [6, 6.07) is 0. The van der Waals surface area contributed by atoms with Gasteiger partial charge in [0.25, 0.3) is 0 Å². The third-order valence-electron chi connectivity index (χ3n) is 16.2. The molecule has 0 aromatic rings. The Balaban J connectivity index is 0.921. The molecule has 14 nitrogen and oxygen atoms in total. The van der Waals surface area contributed by atoms with Crippen LogP contribution in [0.4, 0.5) is 0 Å². The van der Waals surface area contributed by atoms with Crippen LogP contribution in [0.15, 0.2) is 0 Å². The van der Waals surface area contributed by atoms with Gasteiger partial charge in [-0.2, -0.15) is 0 Å². The summed E-state index contributed by atoms with van der Waals surface area (Å²) in [5.74, 6) is 2.89. The second-order valence-corrected chi connectivity index (χ2v) is 18.9. The van der Waals surface area contributed by atoms with Gasteiger partial charge in [0.2, 0.25) is 0 Å². The number of hydrogen-bond acceptors (Lipinski definition) is 14. The van der Waals surface area contributed by atoms with Crippen LogP contribution in [-0.2, 0) is 28.4 Å². The fourth-order valence-corrected chi connectivity index (χ4v) is 13.3. The van der Waals surface area contributed by atoms with E-state index in [2.05, 4.69) is 27.7 Å². The van der Waals surface area contributed by atoms with Crippen LogP contribution in [0.2, 0.25) is 0 Å². The molecule has 1 spiro atoms. The Labute approximate surface area is 312 Å². The molecule has 4 heterocycles. The van der Waals surface area contributed by atoms with Gasteiger partial charge in [0.05, 0.1) is 38.1 Å². The third kappa shape index (κ3) is 6.20. The molecule has 8 fully saturated rings. The SMILES string of the molecule is C[C@H]1CC[C@@]2(OC1)O[C@H]1C[C@H]3[C@@H]4CC[C@H]5C[C@@H](O[C@@H]6[C@H](O)[C@@H](O)[C@H](O[C@H]7[C@H](O)[C@@H](O)[C@H](O)O[C@@H]7CO)O[C@@H]6CO)[C@H](O)C[C@]5(C)[C@H]4CC[C@]3(C)[C@H]1[C@@H]2C. The molecule has 0 unspecified atom stereocenters. The van der Waals surface area contributed by atoms with E-state index in [1.165, 1.54) is 0 Å². The van der Waals surface area contributed by atoms with Gasteiger partial charge in [-0.1, -0.05) is 27.7 Å². The summed E-state index contributed by atoms with van der Waals surface area (Å²) < 4.78 is 36.5. The standard InChI is InChI=1S/C39H64O14/c1-17-7-10-39(48-16-17)18(2)28-25(53-39)12-22-20-6-5-19-11-24(23(42)13-38(19,4)21(20)8-9-37(22,28)3)49-33-27(15-41)51-36(32(46)30(33)44)52-34-26(14-40)50-35(47)31(45)29(34)43/h17-36,40-47H,5-16H2,1-4H3/t17-,18-,19-,20+,21-,22-,23+,24+,25-,26+,27+,28-,29+,30+,31+,32+,33-,34+,35+,36-,37-,38-,39+/m0/s1. The van der Waals surface area contributed by atoms with Gasteiger partial charge in [0, 0.05) is 12.3 Å². The van der Waals surface area contributed by atoms with Crippen molar-refractivity contribution in [2.24, 2.45) is 52.3 Å². The topological polar surface area (TPSA) is 217 Å². The van der Waals surface area contributed by atoms with E-state index in [0.29, 0.717) is 54.3 Å². The van der Waals surface area contributed by atoms with E-state index >= 15 is 0 Å². The van der Waals surface area contributed by atoms with Crippen LogP contribution in [0.3, 0.4) is 0 Å². The van der Waals surface area contributed by atoms with Crippen LogP contribution in [-0.4, -0.2) is 146 Å². The summed E-state index contributed by atoms with van der Waals surface area (Å²) in [4.78, 5) is 0. The Bertz CT molecular complexity index is 1290. The summed E-state index contributed by atoms with van der Waals surface area (Å²) in [5, 5.41) is 84.6. The molecule has 8 rings (SSSR count). The predicted molar refractivity (Wildman–Crippen MR) is 184 cm³/mol. The number of hydrogen-bond donors (Lipinski definition) is 8. The quantitative estimate of drug-likeness (QED) is 0.184. The van der Waals surface area contributed by atoms with Gasteiger partial charge in [-0.15, -0.1) is 0 Å². The van der Waals surface area contributed by atoms with E-state index in [-0.39, 0.29) is 16.9 Å². The van der Waals surface area contributed by atoms with Crippen molar-refractivity contribution >= 4 is 0 Å². The zero-order valence-electron chi connectivity index (χ0n) is 31.6. The second kappa shape index (κ2) is 14.4. The molecule has 53 heavy (non-hydrogen) atoms. The van der Waals surface area contributed by atoms with Crippen molar-refractivity contribution < 1.29 is 69.3 Å². The monoisotopic (exact) mass is 756 g/mol. The van der Waals surface area contributed by atoms with Crippen LogP contribution >= 0.6 is 0 Å². The summed E-state index contributed by atoms with van der Waals surface area (Å²) in [6.07, 6.45) is -7.72. The lowest BCUT2D eigenvalue weighted by molar-refractivity contribution is -0.361. The summed E-state index contributed by atoms with van der Waals surface area (Å²) in [6.45, 7) is 9.00. The van der Waals surface area contributed by atoms with Crippen molar-refractivity contribution in [3.05, 3.63) is 0 Å². The van der Waals surface area contributed by atoms with Gasteiger partial charge < -0.3 is 69.3 Å². The summed E-state index contributed by atoms with van der Waals surface area (Å²) in [7, 11) is 0. The van der Waals surface area contributed by atoms with Crippen LogP contribution < -0.4 is 0 Å². The van der Waals surface area contributed by atoms with Crippen molar-refractivity contribution in [2.75, 3.05) is 19.8 Å². The Morgan fingerprint density at radius 3 is 2.11 bits per heavy atom. The number of ether oxygens (including phenoxy) is 6. The van der Waals surface area contributed by atoms with Crippen LogP contribution in [0.1, 0.15) is 85.5 Å². The molecule has 4 aliphatic heterocycles. The number of aliphatic hydroxyl groups is 8. The Kier molecular flexibility index (Phi) is 10.6. The fraction of sp³-hybridized carbons (Fsp3) is 1.00. The molecule has 8 N–H and O–H groups in total. The smallest absolute Gasteiger partial charge is 0.187 e.